The summed E-state index contributed by atoms with van der Waals surface area (Å²) in [5.41, 5.74) is 2.02. The first-order valence-electron chi connectivity index (χ1n) is 13.5. The zero-order valence-corrected chi connectivity index (χ0v) is 26.0. The van der Waals surface area contributed by atoms with E-state index in [1.807, 2.05) is 32.0 Å². The van der Waals surface area contributed by atoms with Gasteiger partial charge in [-0.1, -0.05) is 52.7 Å². The second-order valence-electron chi connectivity index (χ2n) is 9.35. The van der Waals surface area contributed by atoms with E-state index in [-0.39, 0.29) is 17.7 Å². The van der Waals surface area contributed by atoms with Crippen LogP contribution in [0.25, 0.3) is 6.08 Å². The molecule has 222 valence electrons. The first-order chi connectivity index (χ1) is 20.8. The average Bonchev–Trinajstić information content (AvgIpc) is 3.31. The number of benzene rings is 3. The van der Waals surface area contributed by atoms with Gasteiger partial charge in [-0.25, -0.2) is 9.79 Å². The van der Waals surface area contributed by atoms with Crippen LogP contribution in [0.4, 0.5) is 0 Å². The summed E-state index contributed by atoms with van der Waals surface area (Å²) in [5, 5.41) is 1.10. The molecule has 2 heterocycles. The number of nitrogens with zero attached hydrogens (tertiary/aromatic N) is 2. The van der Waals surface area contributed by atoms with E-state index >= 15 is 0 Å². The summed E-state index contributed by atoms with van der Waals surface area (Å²) in [4.78, 5) is 31.8. The maximum Gasteiger partial charge on any atom is 0.337 e. The number of methoxy groups -OCH3 is 1. The number of fused-ring (bicyclic) bond motifs is 1. The van der Waals surface area contributed by atoms with Crippen LogP contribution in [0.5, 0.6) is 17.2 Å². The van der Waals surface area contributed by atoms with Gasteiger partial charge in [0.25, 0.3) is 5.56 Å². The molecule has 0 unspecified atom stereocenters. The van der Waals surface area contributed by atoms with Crippen molar-refractivity contribution in [1.82, 2.24) is 4.57 Å². The number of rotatable bonds is 10. The Morgan fingerprint density at radius 2 is 1.70 bits per heavy atom. The van der Waals surface area contributed by atoms with Crippen molar-refractivity contribution in [2.45, 2.75) is 26.5 Å². The van der Waals surface area contributed by atoms with E-state index in [1.54, 1.807) is 48.5 Å². The number of hydrogen-bond donors (Lipinski definition) is 0. The fraction of sp³-hybridized carbons (Fsp3) is 0.219. The summed E-state index contributed by atoms with van der Waals surface area (Å²) in [6, 6.07) is 17.1. The lowest BCUT2D eigenvalue weighted by molar-refractivity contribution is -0.136. The molecule has 0 bridgehead atoms. The van der Waals surface area contributed by atoms with Crippen LogP contribution in [-0.2, 0) is 16.1 Å². The highest BCUT2D eigenvalue weighted by Crippen LogP contribution is 2.35. The third kappa shape index (κ3) is 6.64. The van der Waals surface area contributed by atoms with Crippen molar-refractivity contribution in [1.29, 1.82) is 0 Å². The van der Waals surface area contributed by atoms with Crippen LogP contribution in [0.3, 0.4) is 0 Å². The number of aromatic nitrogens is 1. The lowest BCUT2D eigenvalue weighted by Gasteiger charge is -2.23. The molecule has 0 spiro atoms. The molecule has 0 aliphatic carbocycles. The number of ether oxygens (including phenoxy) is 4. The van der Waals surface area contributed by atoms with Crippen LogP contribution < -0.4 is 29.1 Å². The number of halogens is 2. The number of thiazole rings is 1. The Hall–Kier alpha value is -4.05. The maximum absolute atomic E-state index is 14.0. The Balaban J connectivity index is 1.60. The highest BCUT2D eigenvalue weighted by molar-refractivity contribution is 7.07. The van der Waals surface area contributed by atoms with Gasteiger partial charge in [-0.3, -0.25) is 9.36 Å². The molecule has 0 saturated heterocycles. The minimum absolute atomic E-state index is 0.210. The van der Waals surface area contributed by atoms with Gasteiger partial charge in [0.05, 0.1) is 36.5 Å². The van der Waals surface area contributed by atoms with Crippen LogP contribution in [-0.4, -0.2) is 30.9 Å². The summed E-state index contributed by atoms with van der Waals surface area (Å²) >= 11 is 13.7. The van der Waals surface area contributed by atoms with Crippen molar-refractivity contribution in [2.75, 3.05) is 20.3 Å². The molecule has 0 amide bonds. The van der Waals surface area contributed by atoms with E-state index in [0.29, 0.717) is 61.0 Å². The maximum atomic E-state index is 14.0. The molecular formula is C32H28Cl2N2O6S. The van der Waals surface area contributed by atoms with Crippen molar-refractivity contribution in [2.24, 2.45) is 4.99 Å². The summed E-state index contributed by atoms with van der Waals surface area (Å²) in [7, 11) is 1.29. The molecule has 0 N–H and O–H groups in total. The second kappa shape index (κ2) is 13.5. The Labute approximate surface area is 262 Å². The van der Waals surface area contributed by atoms with Crippen molar-refractivity contribution in [3.8, 4) is 17.2 Å². The number of esters is 1. The Bertz CT molecular complexity index is 1880. The van der Waals surface area contributed by atoms with Gasteiger partial charge in [-0.05, 0) is 73.5 Å². The predicted octanol–water partition coefficient (Wildman–Crippen LogP) is 5.70. The molecule has 0 fully saturated rings. The van der Waals surface area contributed by atoms with Crippen LogP contribution in [0.15, 0.2) is 82.2 Å². The first-order valence-corrected chi connectivity index (χ1v) is 15.1. The molecule has 1 aromatic heterocycles. The molecule has 43 heavy (non-hydrogen) atoms. The topological polar surface area (TPSA) is 88.4 Å². The van der Waals surface area contributed by atoms with Crippen molar-refractivity contribution in [3.63, 3.8) is 0 Å². The minimum Gasteiger partial charge on any atom is -0.490 e. The fourth-order valence-electron chi connectivity index (χ4n) is 4.68. The van der Waals surface area contributed by atoms with Crippen LogP contribution in [0.2, 0.25) is 10.0 Å². The molecule has 1 atom stereocenters. The van der Waals surface area contributed by atoms with Gasteiger partial charge in [-0.15, -0.1) is 0 Å². The van der Waals surface area contributed by atoms with E-state index < -0.39 is 12.0 Å². The number of carbonyl (C=O) groups excluding carboxylic acids is 1. The molecule has 0 saturated carbocycles. The highest BCUT2D eigenvalue weighted by Gasteiger charge is 2.31. The van der Waals surface area contributed by atoms with Crippen molar-refractivity contribution in [3.05, 3.63) is 119 Å². The van der Waals surface area contributed by atoms with Gasteiger partial charge in [0, 0.05) is 21.8 Å². The quantitative estimate of drug-likeness (QED) is 0.207. The van der Waals surface area contributed by atoms with Crippen LogP contribution in [0.1, 0.15) is 36.6 Å². The lowest BCUT2D eigenvalue weighted by atomic mass is 9.97. The summed E-state index contributed by atoms with van der Waals surface area (Å²) in [6.45, 7) is 4.89. The molecule has 11 heteroatoms. The smallest absolute Gasteiger partial charge is 0.337 e. The van der Waals surface area contributed by atoms with E-state index in [4.69, 9.17) is 42.1 Å². The monoisotopic (exact) mass is 638 g/mol. The fourth-order valence-corrected chi connectivity index (χ4v) is 6.03. The number of hydrogen-bond acceptors (Lipinski definition) is 8. The molecule has 0 radical (unpaired) electrons. The van der Waals surface area contributed by atoms with Crippen LogP contribution in [0, 0.1) is 0 Å². The second-order valence-corrected chi connectivity index (χ2v) is 11.2. The standard InChI is InChI=1S/C32H28Cl2N2O6S/c1-4-40-26-11-9-20(15-27(26)41-5-2)29-24(31(38)39-3)17-35-32-36(29)30(37)28(43-32)16-21-14-23(34)10-12-25(21)42-18-19-7-6-8-22(33)13-19/h6-17,29H,4-5,18H2,1-3H3/b28-16+/t29-/m0/s1. The number of carbonyl (C=O) groups is 1. The Kier molecular flexibility index (Phi) is 9.55. The van der Waals surface area contributed by atoms with E-state index in [1.165, 1.54) is 29.2 Å². The molecule has 5 rings (SSSR count). The Morgan fingerprint density at radius 3 is 2.44 bits per heavy atom. The first kappa shape index (κ1) is 30.4. The normalized spacial score (nSPS) is 14.4. The molecule has 1 aliphatic heterocycles. The van der Waals surface area contributed by atoms with Gasteiger partial charge in [-0.2, -0.15) is 0 Å². The molecule has 8 nitrogen and oxygen atoms in total. The van der Waals surface area contributed by atoms with Crippen molar-refractivity contribution >= 4 is 46.6 Å². The summed E-state index contributed by atoms with van der Waals surface area (Å²) in [5.74, 6) is 1.01. The lowest BCUT2D eigenvalue weighted by Crippen LogP contribution is -2.39. The van der Waals surface area contributed by atoms with Gasteiger partial charge in [0.1, 0.15) is 12.4 Å². The predicted molar refractivity (Wildman–Crippen MR) is 167 cm³/mol. The third-order valence-corrected chi connectivity index (χ3v) is 8.02. The zero-order valence-electron chi connectivity index (χ0n) is 23.6. The van der Waals surface area contributed by atoms with Gasteiger partial charge < -0.3 is 18.9 Å². The van der Waals surface area contributed by atoms with Crippen molar-refractivity contribution < 1.29 is 23.7 Å². The van der Waals surface area contributed by atoms with Gasteiger partial charge in [0.15, 0.2) is 16.3 Å². The Morgan fingerprint density at radius 1 is 0.953 bits per heavy atom. The summed E-state index contributed by atoms with van der Waals surface area (Å²) in [6.07, 6.45) is 3.16. The van der Waals surface area contributed by atoms with Gasteiger partial charge in [0.2, 0.25) is 0 Å². The van der Waals surface area contributed by atoms with Crippen LogP contribution >= 0.6 is 34.5 Å². The molecule has 1 aliphatic rings. The molecular weight excluding hydrogens is 611 g/mol. The average molecular weight is 640 g/mol. The SMILES string of the molecule is CCOc1ccc([C@H]2C(C(=O)OC)=CN=c3s/c(=C/c4cc(Cl)ccc4OCc4cccc(Cl)c4)c(=O)n32)cc1OCC. The van der Waals surface area contributed by atoms with Gasteiger partial charge >= 0.3 is 5.97 Å². The zero-order chi connectivity index (χ0) is 30.5. The van der Waals surface area contributed by atoms with E-state index in [0.717, 1.165) is 5.56 Å². The van der Waals surface area contributed by atoms with E-state index in [2.05, 4.69) is 4.99 Å². The highest BCUT2D eigenvalue weighted by atomic mass is 35.5. The third-order valence-electron chi connectivity index (χ3n) is 6.55. The molecule has 3 aromatic carbocycles. The largest absolute Gasteiger partial charge is 0.490 e. The summed E-state index contributed by atoms with van der Waals surface area (Å²) < 4.78 is 24.6. The van der Waals surface area contributed by atoms with E-state index in [9.17, 15) is 9.59 Å². The minimum atomic E-state index is -0.807. The molecule has 4 aromatic rings.